The maximum absolute atomic E-state index is 11.5. The van der Waals surface area contributed by atoms with Gasteiger partial charge in [-0.25, -0.2) is 19.4 Å². The summed E-state index contributed by atoms with van der Waals surface area (Å²) in [7, 11) is 0. The van der Waals surface area contributed by atoms with Gasteiger partial charge >= 0.3 is 17.6 Å². The number of aromatic carboxylic acids is 2. The molecule has 0 aliphatic rings. The second-order valence-corrected chi connectivity index (χ2v) is 7.01. The zero-order valence-electron chi connectivity index (χ0n) is 18.3. The van der Waals surface area contributed by atoms with Crippen LogP contribution in [0.3, 0.4) is 0 Å². The molecule has 34 heavy (non-hydrogen) atoms. The van der Waals surface area contributed by atoms with Crippen molar-refractivity contribution in [3.63, 3.8) is 0 Å². The predicted molar refractivity (Wildman–Crippen MR) is 118 cm³/mol. The second kappa shape index (κ2) is 11.8. The summed E-state index contributed by atoms with van der Waals surface area (Å²) < 4.78 is 26.9. The average Bonchev–Trinajstić information content (AvgIpc) is 2.79. The fourth-order valence-corrected chi connectivity index (χ4v) is 2.96. The summed E-state index contributed by atoms with van der Waals surface area (Å²) in [6, 6.07) is 9.00. The van der Waals surface area contributed by atoms with Gasteiger partial charge in [0.05, 0.1) is 26.4 Å². The Morgan fingerprint density at radius 3 is 1.97 bits per heavy atom. The van der Waals surface area contributed by atoms with Crippen LogP contribution in [0.1, 0.15) is 26.5 Å². The Hall–Kier alpha value is -3.96. The van der Waals surface area contributed by atoms with Gasteiger partial charge < -0.3 is 33.6 Å². The fraction of sp³-hybridized carbons (Fsp3) is 0.304. The quantitative estimate of drug-likeness (QED) is 0.278. The third kappa shape index (κ3) is 7.02. The van der Waals surface area contributed by atoms with Crippen molar-refractivity contribution in [2.75, 3.05) is 39.6 Å². The van der Waals surface area contributed by atoms with E-state index in [0.717, 1.165) is 23.1 Å². The molecule has 0 atom stereocenters. The topological polar surface area (TPSA) is 155 Å². The minimum Gasteiger partial charge on any atom is -0.491 e. The number of pyridine rings is 1. The lowest BCUT2D eigenvalue weighted by molar-refractivity contribution is 0.0273. The highest BCUT2D eigenvalue weighted by Crippen LogP contribution is 2.22. The molecule has 0 amide bonds. The first-order valence-electron chi connectivity index (χ1n) is 10.3. The molecule has 0 aliphatic carbocycles. The van der Waals surface area contributed by atoms with Crippen molar-refractivity contribution in [3.8, 4) is 11.5 Å². The van der Waals surface area contributed by atoms with E-state index in [1.807, 2.05) is 13.0 Å². The maximum Gasteiger partial charge on any atom is 0.354 e. The van der Waals surface area contributed by atoms with Gasteiger partial charge in [-0.2, -0.15) is 0 Å². The molecule has 0 spiro atoms. The van der Waals surface area contributed by atoms with E-state index in [0.29, 0.717) is 37.8 Å². The molecule has 11 nitrogen and oxygen atoms in total. The first-order valence-corrected chi connectivity index (χ1v) is 10.3. The second-order valence-electron chi connectivity index (χ2n) is 7.01. The maximum atomic E-state index is 11.5. The molecule has 0 fully saturated rings. The van der Waals surface area contributed by atoms with Crippen LogP contribution in [0.25, 0.3) is 11.0 Å². The SMILES string of the molecule is Cc1cc(=O)oc2cc(OCCOCCOCCOc3cc(C(=O)O)nc(C(=O)O)c3)ccc12. The smallest absolute Gasteiger partial charge is 0.354 e. The number of nitrogens with zero attached hydrogens (tertiary/aromatic N) is 1. The van der Waals surface area contributed by atoms with Crippen molar-refractivity contribution in [2.45, 2.75) is 6.92 Å². The van der Waals surface area contributed by atoms with Crippen molar-refractivity contribution >= 4 is 22.9 Å². The lowest BCUT2D eigenvalue weighted by Gasteiger charge is -2.10. The van der Waals surface area contributed by atoms with Crippen molar-refractivity contribution in [1.82, 2.24) is 4.98 Å². The van der Waals surface area contributed by atoms with Crippen molar-refractivity contribution in [2.24, 2.45) is 0 Å². The highest BCUT2D eigenvalue weighted by molar-refractivity contribution is 5.90. The molecule has 1 aromatic carbocycles. The van der Waals surface area contributed by atoms with E-state index in [1.165, 1.54) is 6.07 Å². The number of benzene rings is 1. The Bertz CT molecular complexity index is 1190. The highest BCUT2D eigenvalue weighted by Gasteiger charge is 2.14. The molecule has 2 N–H and O–H groups in total. The van der Waals surface area contributed by atoms with Crippen LogP contribution in [0.4, 0.5) is 0 Å². The first-order chi connectivity index (χ1) is 16.3. The van der Waals surface area contributed by atoms with Crippen LogP contribution in [0.15, 0.2) is 45.6 Å². The molecule has 0 saturated carbocycles. The van der Waals surface area contributed by atoms with Crippen molar-refractivity contribution < 1.29 is 43.2 Å². The number of hydrogen-bond donors (Lipinski definition) is 2. The number of aromatic nitrogens is 1. The molecule has 180 valence electrons. The normalized spacial score (nSPS) is 10.9. The average molecular weight is 473 g/mol. The Morgan fingerprint density at radius 1 is 0.824 bits per heavy atom. The number of fused-ring (bicyclic) bond motifs is 1. The van der Waals surface area contributed by atoms with Gasteiger partial charge in [0.15, 0.2) is 11.4 Å². The number of carbonyl (C=O) groups is 2. The lowest BCUT2D eigenvalue weighted by atomic mass is 10.1. The molecular formula is C23H23NO10. The van der Waals surface area contributed by atoms with Crippen LogP contribution < -0.4 is 15.1 Å². The van der Waals surface area contributed by atoms with Gasteiger partial charge in [0.2, 0.25) is 0 Å². The van der Waals surface area contributed by atoms with Crippen LogP contribution >= 0.6 is 0 Å². The standard InChI is InChI=1S/C23H23NO10/c1-14-10-21(25)34-20-13-15(2-3-17(14)20)32-8-6-30-4-5-31-7-9-33-16-11-18(22(26)27)24-19(12-16)23(28)29/h2-3,10-13H,4-9H2,1H3,(H,26,27)(H,28,29). The molecule has 3 aromatic rings. The van der Waals surface area contributed by atoms with Crippen LogP contribution in [0, 0.1) is 6.92 Å². The molecule has 11 heteroatoms. The van der Waals surface area contributed by atoms with E-state index in [1.54, 1.807) is 12.1 Å². The van der Waals surface area contributed by atoms with E-state index in [2.05, 4.69) is 4.98 Å². The molecule has 0 aliphatic heterocycles. The molecule has 0 saturated heterocycles. The number of ether oxygens (including phenoxy) is 4. The molecule has 0 unspecified atom stereocenters. The minimum atomic E-state index is -1.35. The molecule has 0 bridgehead atoms. The summed E-state index contributed by atoms with van der Waals surface area (Å²) in [4.78, 5) is 37.1. The first kappa shape index (κ1) is 24.7. The fourth-order valence-electron chi connectivity index (χ4n) is 2.96. The van der Waals surface area contributed by atoms with Gasteiger partial charge in [0.1, 0.15) is 30.3 Å². The summed E-state index contributed by atoms with van der Waals surface area (Å²) in [5.41, 5.74) is 0.0442. The van der Waals surface area contributed by atoms with Crippen LogP contribution in [0.5, 0.6) is 11.5 Å². The highest BCUT2D eigenvalue weighted by atomic mass is 16.6. The molecule has 2 aromatic heterocycles. The van der Waals surface area contributed by atoms with Gasteiger partial charge in [-0.3, -0.25) is 0 Å². The molecule has 0 radical (unpaired) electrons. The number of carboxylic acids is 2. The number of aryl methyl sites for hydroxylation is 1. The predicted octanol–water partition coefficient (Wildman–Crippen LogP) is 2.38. The summed E-state index contributed by atoms with van der Waals surface area (Å²) in [5, 5.41) is 18.8. The summed E-state index contributed by atoms with van der Waals surface area (Å²) in [6.45, 7) is 3.34. The Kier molecular flexibility index (Phi) is 8.54. The van der Waals surface area contributed by atoms with Gasteiger partial charge in [0.25, 0.3) is 0 Å². The molecular weight excluding hydrogens is 450 g/mol. The Balaban J connectivity index is 1.30. The molecule has 2 heterocycles. The van der Waals surface area contributed by atoms with Crippen molar-refractivity contribution in [1.29, 1.82) is 0 Å². The summed E-state index contributed by atoms with van der Waals surface area (Å²) in [6.07, 6.45) is 0. The summed E-state index contributed by atoms with van der Waals surface area (Å²) in [5.74, 6) is -2.07. The lowest BCUT2D eigenvalue weighted by Crippen LogP contribution is -2.14. The number of hydrogen-bond acceptors (Lipinski definition) is 9. The van der Waals surface area contributed by atoms with Gasteiger partial charge in [-0.15, -0.1) is 0 Å². The van der Waals surface area contributed by atoms with E-state index >= 15 is 0 Å². The zero-order valence-corrected chi connectivity index (χ0v) is 18.3. The Morgan fingerprint density at radius 2 is 1.38 bits per heavy atom. The minimum absolute atomic E-state index is 0.0740. The van der Waals surface area contributed by atoms with E-state index < -0.39 is 29.0 Å². The zero-order chi connectivity index (χ0) is 24.5. The van der Waals surface area contributed by atoms with E-state index in [4.69, 9.17) is 33.6 Å². The largest absolute Gasteiger partial charge is 0.491 e. The van der Waals surface area contributed by atoms with Crippen LogP contribution in [-0.4, -0.2) is 66.8 Å². The van der Waals surface area contributed by atoms with Gasteiger partial charge in [-0.1, -0.05) is 0 Å². The summed E-state index contributed by atoms with van der Waals surface area (Å²) >= 11 is 0. The number of rotatable bonds is 13. The van der Waals surface area contributed by atoms with Crippen molar-refractivity contribution in [3.05, 3.63) is 63.8 Å². The third-order valence-corrected chi connectivity index (χ3v) is 4.52. The monoisotopic (exact) mass is 473 g/mol. The van der Waals surface area contributed by atoms with Crippen LogP contribution in [-0.2, 0) is 9.47 Å². The van der Waals surface area contributed by atoms with Gasteiger partial charge in [0, 0.05) is 29.7 Å². The number of carboxylic acid groups (broad SMARTS) is 2. The van der Waals surface area contributed by atoms with Gasteiger partial charge in [-0.05, 0) is 24.6 Å². The molecule has 3 rings (SSSR count). The van der Waals surface area contributed by atoms with E-state index in [-0.39, 0.29) is 19.0 Å². The third-order valence-electron chi connectivity index (χ3n) is 4.52. The van der Waals surface area contributed by atoms with E-state index in [9.17, 15) is 14.4 Å². The Labute approximate surface area is 193 Å². The van der Waals surface area contributed by atoms with Crippen LogP contribution in [0.2, 0.25) is 0 Å².